The predicted octanol–water partition coefficient (Wildman–Crippen LogP) is 4.91. The molecular weight excluding hydrogens is 472 g/mol. The summed E-state index contributed by atoms with van der Waals surface area (Å²) >= 11 is 24.7. The third-order valence-corrected chi connectivity index (χ3v) is 6.69. The van der Waals surface area contributed by atoms with Gasteiger partial charge < -0.3 is 0 Å². The molecule has 0 amide bonds. The number of alkyl halides is 3. The molecule has 12 heteroatoms. The Morgan fingerprint density at radius 1 is 1.23 bits per heavy atom. The monoisotopic (exact) mass is 472 g/mol. The van der Waals surface area contributed by atoms with Gasteiger partial charge >= 0.3 is 3.92 Å². The molecule has 0 saturated heterocycles. The van der Waals surface area contributed by atoms with Crippen LogP contribution < -0.4 is 0 Å². The van der Waals surface area contributed by atoms with Crippen LogP contribution in [0.25, 0.3) is 5.69 Å². The SMILES string of the molecule is O=S(=O)(c1ncn(-c2c(Cl)cc(F)cc2Cl)c1Br)C(F)(Cl)Cl. The predicted molar refractivity (Wildman–Crippen MR) is 84.0 cm³/mol. The highest BCUT2D eigenvalue weighted by molar-refractivity contribution is 9.10. The van der Waals surface area contributed by atoms with Gasteiger partial charge in [-0.3, -0.25) is 4.57 Å². The van der Waals surface area contributed by atoms with Gasteiger partial charge in [-0.05, 0) is 51.3 Å². The molecule has 0 aliphatic rings. The minimum atomic E-state index is -4.80. The van der Waals surface area contributed by atoms with E-state index in [2.05, 4.69) is 20.9 Å². The maximum absolute atomic E-state index is 13.4. The van der Waals surface area contributed by atoms with Crippen molar-refractivity contribution in [2.75, 3.05) is 0 Å². The number of halogens is 7. The van der Waals surface area contributed by atoms with Gasteiger partial charge in [0.25, 0.3) is 9.84 Å². The van der Waals surface area contributed by atoms with Crippen LogP contribution in [0, 0.1) is 5.82 Å². The van der Waals surface area contributed by atoms with Crippen molar-refractivity contribution in [2.45, 2.75) is 8.95 Å². The Balaban J connectivity index is 2.69. The first-order chi connectivity index (χ1) is 9.96. The van der Waals surface area contributed by atoms with E-state index in [1.165, 1.54) is 0 Å². The first kappa shape index (κ1) is 18.2. The van der Waals surface area contributed by atoms with Crippen LogP contribution >= 0.6 is 62.3 Å². The Kier molecular flexibility index (Phi) is 5.03. The van der Waals surface area contributed by atoms with E-state index in [-0.39, 0.29) is 20.3 Å². The minimum Gasteiger partial charge on any atom is -0.289 e. The standard InChI is InChI=1S/C10H3BrCl4F2N2O2S/c11-8-9(22(20,21)10(14,15)17)18-3-19(8)7-5(12)1-4(16)2-6(7)13/h1-3H. The van der Waals surface area contributed by atoms with Crippen molar-refractivity contribution < 1.29 is 17.2 Å². The van der Waals surface area contributed by atoms with Crippen molar-refractivity contribution >= 4 is 72.2 Å². The smallest absolute Gasteiger partial charge is 0.289 e. The number of nitrogens with zero attached hydrogens (tertiary/aromatic N) is 2. The molecule has 120 valence electrons. The molecular formula is C10H3BrCl4F2N2O2S. The topological polar surface area (TPSA) is 52.0 Å². The third kappa shape index (κ3) is 3.09. The zero-order chi connectivity index (χ0) is 16.9. The second kappa shape index (κ2) is 6.07. The summed E-state index contributed by atoms with van der Waals surface area (Å²) < 4.78 is 47.6. The molecule has 2 rings (SSSR count). The van der Waals surface area contributed by atoms with Crippen LogP contribution in [-0.4, -0.2) is 21.9 Å². The van der Waals surface area contributed by atoms with Crippen LogP contribution in [-0.2, 0) is 9.84 Å². The van der Waals surface area contributed by atoms with Gasteiger partial charge in [-0.15, -0.1) is 0 Å². The summed E-state index contributed by atoms with van der Waals surface area (Å²) in [7, 11) is -4.80. The Morgan fingerprint density at radius 3 is 2.18 bits per heavy atom. The van der Waals surface area contributed by atoms with E-state index in [1.807, 2.05) is 0 Å². The van der Waals surface area contributed by atoms with Gasteiger partial charge in [0, 0.05) is 0 Å². The van der Waals surface area contributed by atoms with Crippen LogP contribution in [0.15, 0.2) is 28.1 Å². The lowest BCUT2D eigenvalue weighted by Gasteiger charge is -2.11. The molecule has 0 unspecified atom stereocenters. The first-order valence-corrected chi connectivity index (χ1v) is 8.94. The number of imidazole rings is 1. The van der Waals surface area contributed by atoms with Crippen molar-refractivity contribution in [2.24, 2.45) is 0 Å². The maximum Gasteiger partial charge on any atom is 0.364 e. The molecule has 0 radical (unpaired) electrons. The van der Waals surface area contributed by atoms with E-state index in [1.54, 1.807) is 0 Å². The molecule has 4 nitrogen and oxygen atoms in total. The average Bonchev–Trinajstić information content (AvgIpc) is 2.69. The molecule has 1 aromatic heterocycles. The van der Waals surface area contributed by atoms with E-state index in [0.29, 0.717) is 0 Å². The molecule has 0 saturated carbocycles. The quantitative estimate of drug-likeness (QED) is 0.594. The number of sulfone groups is 1. The molecule has 0 aliphatic carbocycles. The van der Waals surface area contributed by atoms with E-state index in [9.17, 15) is 17.2 Å². The summed E-state index contributed by atoms with van der Waals surface area (Å²) in [6.07, 6.45) is 0.988. The first-order valence-electron chi connectivity index (χ1n) is 5.16. The van der Waals surface area contributed by atoms with E-state index in [0.717, 1.165) is 23.0 Å². The van der Waals surface area contributed by atoms with Crippen molar-refractivity contribution in [1.29, 1.82) is 0 Å². The van der Waals surface area contributed by atoms with Crippen LogP contribution in [0.3, 0.4) is 0 Å². The third-order valence-electron chi connectivity index (χ3n) is 2.46. The number of rotatable bonds is 3. The lowest BCUT2D eigenvalue weighted by atomic mass is 10.3. The summed E-state index contributed by atoms with van der Waals surface area (Å²) in [5.74, 6) is -0.688. The Hall–Kier alpha value is -0.120. The van der Waals surface area contributed by atoms with Crippen LogP contribution in [0.4, 0.5) is 8.78 Å². The van der Waals surface area contributed by atoms with E-state index >= 15 is 0 Å². The lowest BCUT2D eigenvalue weighted by Crippen LogP contribution is -2.21. The molecule has 0 N–H and O–H groups in total. The number of hydrogen-bond donors (Lipinski definition) is 0. The van der Waals surface area contributed by atoms with Crippen molar-refractivity contribution in [3.8, 4) is 5.69 Å². The van der Waals surface area contributed by atoms with Gasteiger partial charge in [0.15, 0.2) is 5.03 Å². The molecule has 0 atom stereocenters. The van der Waals surface area contributed by atoms with Crippen LogP contribution in [0.1, 0.15) is 0 Å². The van der Waals surface area contributed by atoms with E-state index < -0.39 is 24.6 Å². The average molecular weight is 475 g/mol. The number of aromatic nitrogens is 2. The minimum absolute atomic E-state index is 0.0409. The number of benzene rings is 1. The Morgan fingerprint density at radius 2 is 1.73 bits per heavy atom. The zero-order valence-electron chi connectivity index (χ0n) is 10.00. The molecule has 1 aromatic carbocycles. The van der Waals surface area contributed by atoms with Crippen LogP contribution in [0.2, 0.25) is 10.0 Å². The largest absolute Gasteiger partial charge is 0.364 e. The molecule has 1 heterocycles. The van der Waals surface area contributed by atoms with Gasteiger partial charge in [-0.25, -0.2) is 17.8 Å². The van der Waals surface area contributed by atoms with Gasteiger partial charge in [-0.1, -0.05) is 23.2 Å². The van der Waals surface area contributed by atoms with Gasteiger partial charge in [0.1, 0.15) is 16.7 Å². The zero-order valence-corrected chi connectivity index (χ0v) is 15.4. The fourth-order valence-corrected chi connectivity index (χ4v) is 4.34. The second-order valence-electron chi connectivity index (χ2n) is 3.88. The molecule has 0 aliphatic heterocycles. The van der Waals surface area contributed by atoms with E-state index in [4.69, 9.17) is 46.4 Å². The molecule has 0 fully saturated rings. The van der Waals surface area contributed by atoms with Gasteiger partial charge in [0.2, 0.25) is 0 Å². The highest BCUT2D eigenvalue weighted by atomic mass is 79.9. The fourth-order valence-electron chi connectivity index (χ4n) is 1.53. The lowest BCUT2D eigenvalue weighted by molar-refractivity contribution is 0.467. The summed E-state index contributed by atoms with van der Waals surface area (Å²) in [5, 5.41) is -0.998. The summed E-state index contributed by atoms with van der Waals surface area (Å²) in [6.45, 7) is 0. The highest BCUT2D eigenvalue weighted by Gasteiger charge is 2.45. The highest BCUT2D eigenvalue weighted by Crippen LogP contribution is 2.39. The number of hydrogen-bond acceptors (Lipinski definition) is 3. The summed E-state index contributed by atoms with van der Waals surface area (Å²) in [4.78, 5) is 3.54. The Labute approximate surface area is 152 Å². The molecule has 0 bridgehead atoms. The fraction of sp³-hybridized carbons (Fsp3) is 0.100. The van der Waals surface area contributed by atoms with Crippen molar-refractivity contribution in [1.82, 2.24) is 9.55 Å². The second-order valence-corrected chi connectivity index (χ2v) is 9.08. The van der Waals surface area contributed by atoms with Crippen molar-refractivity contribution in [3.63, 3.8) is 0 Å². The summed E-state index contributed by atoms with van der Waals surface area (Å²) in [6, 6.07) is 1.93. The van der Waals surface area contributed by atoms with Gasteiger partial charge in [-0.2, -0.15) is 4.39 Å². The van der Waals surface area contributed by atoms with Crippen LogP contribution in [0.5, 0.6) is 0 Å². The molecule has 22 heavy (non-hydrogen) atoms. The Bertz CT molecular complexity index is 828. The van der Waals surface area contributed by atoms with Crippen molar-refractivity contribution in [3.05, 3.63) is 38.9 Å². The molecule has 2 aromatic rings. The summed E-state index contributed by atoms with van der Waals surface area (Å²) in [5.41, 5.74) is 0.0409. The molecule has 0 spiro atoms. The maximum atomic E-state index is 13.4. The van der Waals surface area contributed by atoms with Gasteiger partial charge in [0.05, 0.1) is 15.7 Å². The normalized spacial score (nSPS) is 12.7.